The van der Waals surface area contributed by atoms with Crippen molar-refractivity contribution in [3.8, 4) is 11.6 Å². The minimum absolute atomic E-state index is 0.0487. The van der Waals surface area contributed by atoms with Gasteiger partial charge in [-0.2, -0.15) is 4.98 Å². The largest absolute Gasteiger partial charge is 0.486 e. The van der Waals surface area contributed by atoms with Crippen LogP contribution in [0.3, 0.4) is 0 Å². The number of methoxy groups -OCH3 is 1. The van der Waals surface area contributed by atoms with Gasteiger partial charge >= 0.3 is 5.97 Å². The van der Waals surface area contributed by atoms with Crippen LogP contribution in [0.25, 0.3) is 0 Å². The summed E-state index contributed by atoms with van der Waals surface area (Å²) in [7, 11) is 1.30. The standard InChI is InChI=1S/C17H24ClN3O4/c1-23-17(22)13-8-14(24-9-11-4-2-6-19-11)16(21-15(13)18)25-10-12-5-3-7-20-12/h8,11-12,19-20H,2-7,9-10H2,1H3/t11-,12-/m0/s1. The summed E-state index contributed by atoms with van der Waals surface area (Å²) in [6.45, 7) is 2.97. The Kier molecular flexibility index (Phi) is 6.34. The average Bonchev–Trinajstić information content (AvgIpc) is 3.32. The Morgan fingerprint density at radius 2 is 1.84 bits per heavy atom. The Morgan fingerprint density at radius 3 is 2.40 bits per heavy atom. The number of carbonyl (C=O) groups is 1. The number of halogens is 1. The molecule has 1 aromatic rings. The van der Waals surface area contributed by atoms with Crippen LogP contribution in [-0.4, -0.2) is 56.5 Å². The van der Waals surface area contributed by atoms with E-state index in [1.54, 1.807) is 6.07 Å². The first-order chi connectivity index (χ1) is 12.2. The van der Waals surface area contributed by atoms with Crippen molar-refractivity contribution in [2.45, 2.75) is 37.8 Å². The number of aromatic nitrogens is 1. The van der Waals surface area contributed by atoms with Gasteiger partial charge in [-0.25, -0.2) is 4.79 Å². The highest BCUT2D eigenvalue weighted by molar-refractivity contribution is 6.32. The fourth-order valence-electron chi connectivity index (χ4n) is 3.08. The number of esters is 1. The summed E-state index contributed by atoms with van der Waals surface area (Å²) in [5, 5.41) is 6.78. The van der Waals surface area contributed by atoms with Gasteiger partial charge in [0.25, 0.3) is 5.88 Å². The fourth-order valence-corrected chi connectivity index (χ4v) is 3.29. The number of carbonyl (C=O) groups excluding carboxylic acids is 1. The molecule has 0 spiro atoms. The molecule has 0 radical (unpaired) electrons. The molecule has 0 amide bonds. The minimum Gasteiger partial charge on any atom is -0.486 e. The molecular formula is C17H24ClN3O4. The highest BCUT2D eigenvalue weighted by Gasteiger charge is 2.22. The zero-order valence-electron chi connectivity index (χ0n) is 14.3. The first kappa shape index (κ1) is 18.2. The van der Waals surface area contributed by atoms with E-state index in [0.717, 1.165) is 38.8 Å². The lowest BCUT2D eigenvalue weighted by Gasteiger charge is -2.17. The second-order valence-corrected chi connectivity index (χ2v) is 6.69. The van der Waals surface area contributed by atoms with Gasteiger partial charge < -0.3 is 24.8 Å². The van der Waals surface area contributed by atoms with Gasteiger partial charge in [0, 0.05) is 18.2 Å². The molecule has 0 unspecified atom stereocenters. The molecule has 0 aliphatic carbocycles. The van der Waals surface area contributed by atoms with Crippen molar-refractivity contribution in [1.82, 2.24) is 15.6 Å². The number of nitrogens with zero attached hydrogens (tertiary/aromatic N) is 1. The van der Waals surface area contributed by atoms with Crippen molar-refractivity contribution in [1.29, 1.82) is 0 Å². The molecule has 2 atom stereocenters. The molecule has 2 aliphatic rings. The Labute approximate surface area is 152 Å². The summed E-state index contributed by atoms with van der Waals surface area (Å²) in [5.74, 6) is 0.172. The van der Waals surface area contributed by atoms with E-state index in [2.05, 4.69) is 15.6 Å². The number of hydrogen-bond acceptors (Lipinski definition) is 7. The van der Waals surface area contributed by atoms with Crippen molar-refractivity contribution in [3.05, 3.63) is 16.8 Å². The molecule has 3 heterocycles. The second kappa shape index (κ2) is 8.69. The molecule has 2 fully saturated rings. The number of rotatable bonds is 7. The van der Waals surface area contributed by atoms with Gasteiger partial charge in [-0.15, -0.1) is 0 Å². The van der Waals surface area contributed by atoms with Crippen LogP contribution in [-0.2, 0) is 4.74 Å². The molecular weight excluding hydrogens is 346 g/mol. The average molecular weight is 370 g/mol. The molecule has 25 heavy (non-hydrogen) atoms. The first-order valence-corrected chi connectivity index (χ1v) is 9.06. The summed E-state index contributed by atoms with van der Waals surface area (Å²) in [4.78, 5) is 16.1. The molecule has 0 aromatic carbocycles. The van der Waals surface area contributed by atoms with E-state index < -0.39 is 5.97 Å². The third kappa shape index (κ3) is 4.74. The smallest absolute Gasteiger partial charge is 0.341 e. The summed E-state index contributed by atoms with van der Waals surface area (Å²) in [6, 6.07) is 2.14. The van der Waals surface area contributed by atoms with E-state index in [-0.39, 0.29) is 10.7 Å². The maximum Gasteiger partial charge on any atom is 0.341 e. The first-order valence-electron chi connectivity index (χ1n) is 8.68. The van der Waals surface area contributed by atoms with Crippen LogP contribution < -0.4 is 20.1 Å². The molecule has 3 rings (SSSR count). The van der Waals surface area contributed by atoms with E-state index in [9.17, 15) is 4.79 Å². The molecule has 0 saturated carbocycles. The van der Waals surface area contributed by atoms with Crippen LogP contribution in [0.1, 0.15) is 36.0 Å². The fraction of sp³-hybridized carbons (Fsp3) is 0.647. The Hall–Kier alpha value is -1.57. The van der Waals surface area contributed by atoms with Gasteiger partial charge in [0.15, 0.2) is 5.75 Å². The number of hydrogen-bond donors (Lipinski definition) is 2. The monoisotopic (exact) mass is 369 g/mol. The number of nitrogens with one attached hydrogen (secondary N) is 2. The Morgan fingerprint density at radius 1 is 1.20 bits per heavy atom. The lowest BCUT2D eigenvalue weighted by atomic mass is 10.2. The number of pyridine rings is 1. The third-order valence-corrected chi connectivity index (χ3v) is 4.79. The summed E-state index contributed by atoms with van der Waals surface area (Å²) in [6.07, 6.45) is 4.40. The van der Waals surface area contributed by atoms with E-state index in [1.165, 1.54) is 7.11 Å². The van der Waals surface area contributed by atoms with Crippen molar-refractivity contribution in [2.24, 2.45) is 0 Å². The Balaban J connectivity index is 1.74. The van der Waals surface area contributed by atoms with Crippen LogP contribution in [0.4, 0.5) is 0 Å². The maximum atomic E-state index is 11.9. The Bertz CT molecular complexity index is 602. The molecule has 2 N–H and O–H groups in total. The van der Waals surface area contributed by atoms with Crippen LogP contribution in [0.5, 0.6) is 11.6 Å². The molecule has 138 valence electrons. The lowest BCUT2D eigenvalue weighted by Crippen LogP contribution is -2.29. The van der Waals surface area contributed by atoms with E-state index in [4.69, 9.17) is 25.8 Å². The SMILES string of the molecule is COC(=O)c1cc(OC[C@@H]2CCCN2)c(OC[C@@H]2CCCN2)nc1Cl. The van der Waals surface area contributed by atoms with Crippen LogP contribution in [0.15, 0.2) is 6.07 Å². The maximum absolute atomic E-state index is 11.9. The van der Waals surface area contributed by atoms with Crippen molar-refractivity contribution in [3.63, 3.8) is 0 Å². The molecule has 1 aromatic heterocycles. The molecule has 2 aliphatic heterocycles. The summed E-state index contributed by atoms with van der Waals surface area (Å²) >= 11 is 6.12. The highest BCUT2D eigenvalue weighted by Crippen LogP contribution is 2.31. The van der Waals surface area contributed by atoms with E-state index >= 15 is 0 Å². The molecule has 0 bridgehead atoms. The molecule has 7 nitrogen and oxygen atoms in total. The molecule has 8 heteroatoms. The quantitative estimate of drug-likeness (QED) is 0.560. The minimum atomic E-state index is -0.551. The summed E-state index contributed by atoms with van der Waals surface area (Å²) < 4.78 is 16.5. The van der Waals surface area contributed by atoms with E-state index in [0.29, 0.717) is 36.9 Å². The normalized spacial score (nSPS) is 22.8. The van der Waals surface area contributed by atoms with Gasteiger partial charge in [0.1, 0.15) is 23.9 Å². The number of ether oxygens (including phenoxy) is 3. The van der Waals surface area contributed by atoms with Crippen LogP contribution >= 0.6 is 11.6 Å². The van der Waals surface area contributed by atoms with Gasteiger partial charge in [-0.3, -0.25) is 0 Å². The topological polar surface area (TPSA) is 81.7 Å². The van der Waals surface area contributed by atoms with Gasteiger partial charge in [0.2, 0.25) is 0 Å². The van der Waals surface area contributed by atoms with Gasteiger partial charge in [0.05, 0.1) is 7.11 Å². The zero-order valence-corrected chi connectivity index (χ0v) is 15.1. The van der Waals surface area contributed by atoms with E-state index in [1.807, 2.05) is 0 Å². The highest BCUT2D eigenvalue weighted by atomic mass is 35.5. The van der Waals surface area contributed by atoms with Crippen molar-refractivity contribution in [2.75, 3.05) is 33.4 Å². The van der Waals surface area contributed by atoms with Gasteiger partial charge in [-0.05, 0) is 38.8 Å². The van der Waals surface area contributed by atoms with Gasteiger partial charge in [-0.1, -0.05) is 11.6 Å². The summed E-state index contributed by atoms with van der Waals surface area (Å²) in [5.41, 5.74) is 0.171. The predicted octanol–water partition coefficient (Wildman–Crippen LogP) is 1.78. The molecule has 2 saturated heterocycles. The lowest BCUT2D eigenvalue weighted by molar-refractivity contribution is 0.0599. The van der Waals surface area contributed by atoms with Crippen molar-refractivity contribution >= 4 is 17.6 Å². The predicted molar refractivity (Wildman–Crippen MR) is 93.6 cm³/mol. The third-order valence-electron chi connectivity index (χ3n) is 4.50. The van der Waals surface area contributed by atoms with Crippen LogP contribution in [0, 0.1) is 0 Å². The second-order valence-electron chi connectivity index (χ2n) is 6.33. The van der Waals surface area contributed by atoms with Crippen LogP contribution in [0.2, 0.25) is 5.15 Å². The van der Waals surface area contributed by atoms with Crippen molar-refractivity contribution < 1.29 is 19.0 Å². The zero-order chi connectivity index (χ0) is 17.6.